The van der Waals surface area contributed by atoms with E-state index in [4.69, 9.17) is 4.74 Å². The Labute approximate surface area is 118 Å². The van der Waals surface area contributed by atoms with Crippen LogP contribution in [0.3, 0.4) is 0 Å². The topological polar surface area (TPSA) is 55.4 Å². The van der Waals surface area contributed by atoms with Gasteiger partial charge in [0.25, 0.3) is 5.91 Å². The quantitative estimate of drug-likeness (QED) is 0.617. The summed E-state index contributed by atoms with van der Waals surface area (Å²) in [4.78, 5) is 23.4. The Morgan fingerprint density at radius 1 is 1.35 bits per heavy atom. The van der Waals surface area contributed by atoms with Crippen molar-refractivity contribution in [2.45, 2.75) is 39.2 Å². The van der Waals surface area contributed by atoms with E-state index in [-0.39, 0.29) is 5.56 Å². The van der Waals surface area contributed by atoms with Crippen LogP contribution in [0.5, 0.6) is 0 Å². The molecule has 1 amide bonds. The number of nitrogens with one attached hydrogen (secondary N) is 1. The van der Waals surface area contributed by atoms with Gasteiger partial charge in [-0.05, 0) is 31.5 Å². The third-order valence-electron chi connectivity index (χ3n) is 2.78. The van der Waals surface area contributed by atoms with E-state index in [1.54, 1.807) is 6.92 Å². The molecule has 0 spiro atoms. The number of rotatable bonds is 7. The van der Waals surface area contributed by atoms with Crippen molar-refractivity contribution in [2.24, 2.45) is 0 Å². The number of halogens is 1. The van der Waals surface area contributed by atoms with Crippen molar-refractivity contribution < 1.29 is 18.7 Å². The summed E-state index contributed by atoms with van der Waals surface area (Å²) in [5.41, 5.74) is 0.177. The molecule has 1 rings (SSSR count). The number of carbonyl (C=O) groups is 2. The van der Waals surface area contributed by atoms with Crippen molar-refractivity contribution in [3.05, 3.63) is 35.6 Å². The minimum Gasteiger partial charge on any atom is -0.464 e. The van der Waals surface area contributed by atoms with Crippen LogP contribution in [0, 0.1) is 5.82 Å². The molecule has 0 saturated heterocycles. The highest BCUT2D eigenvalue weighted by Gasteiger charge is 2.17. The van der Waals surface area contributed by atoms with Crippen molar-refractivity contribution in [3.8, 4) is 0 Å². The van der Waals surface area contributed by atoms with E-state index in [9.17, 15) is 14.0 Å². The van der Waals surface area contributed by atoms with Crippen molar-refractivity contribution in [3.63, 3.8) is 0 Å². The largest absolute Gasteiger partial charge is 0.464 e. The van der Waals surface area contributed by atoms with Gasteiger partial charge in [-0.3, -0.25) is 4.79 Å². The van der Waals surface area contributed by atoms with Gasteiger partial charge in [0.2, 0.25) is 0 Å². The van der Waals surface area contributed by atoms with Crippen molar-refractivity contribution in [1.82, 2.24) is 5.32 Å². The summed E-state index contributed by atoms with van der Waals surface area (Å²) in [5.74, 6) is -1.47. The smallest absolute Gasteiger partial charge is 0.328 e. The molecule has 20 heavy (non-hydrogen) atoms. The SMILES string of the molecule is CCCCCOC(=O)[C@H](C)NC(=O)c1cccc(F)c1. The molecule has 0 unspecified atom stereocenters. The first-order chi connectivity index (χ1) is 9.54. The van der Waals surface area contributed by atoms with E-state index >= 15 is 0 Å². The number of ether oxygens (including phenoxy) is 1. The van der Waals surface area contributed by atoms with Crippen molar-refractivity contribution >= 4 is 11.9 Å². The fourth-order valence-electron chi connectivity index (χ4n) is 1.62. The van der Waals surface area contributed by atoms with Gasteiger partial charge in [-0.1, -0.05) is 25.8 Å². The van der Waals surface area contributed by atoms with E-state index < -0.39 is 23.7 Å². The zero-order valence-corrected chi connectivity index (χ0v) is 11.8. The molecule has 1 aromatic carbocycles. The fraction of sp³-hybridized carbons (Fsp3) is 0.467. The first kappa shape index (κ1) is 16.1. The van der Waals surface area contributed by atoms with E-state index in [1.807, 2.05) is 0 Å². The van der Waals surface area contributed by atoms with Gasteiger partial charge in [-0.2, -0.15) is 0 Å². The lowest BCUT2D eigenvalue weighted by atomic mass is 10.2. The van der Waals surface area contributed by atoms with Gasteiger partial charge in [-0.15, -0.1) is 0 Å². The molecule has 0 fully saturated rings. The Morgan fingerprint density at radius 2 is 2.10 bits per heavy atom. The summed E-state index contributed by atoms with van der Waals surface area (Å²) in [6.45, 7) is 3.95. The predicted molar refractivity (Wildman–Crippen MR) is 73.8 cm³/mol. The molecule has 0 aromatic heterocycles. The molecule has 5 heteroatoms. The molecule has 0 bridgehead atoms. The number of hydrogen-bond acceptors (Lipinski definition) is 3. The average molecular weight is 281 g/mol. The van der Waals surface area contributed by atoms with Gasteiger partial charge in [0.15, 0.2) is 0 Å². The molecule has 0 aliphatic carbocycles. The van der Waals surface area contributed by atoms with E-state index in [1.165, 1.54) is 18.2 Å². The van der Waals surface area contributed by atoms with Crippen LogP contribution in [-0.4, -0.2) is 24.5 Å². The van der Waals surface area contributed by atoms with Crippen LogP contribution in [0.2, 0.25) is 0 Å². The maximum atomic E-state index is 13.0. The highest BCUT2D eigenvalue weighted by atomic mass is 19.1. The summed E-state index contributed by atoms with van der Waals surface area (Å²) >= 11 is 0. The van der Waals surface area contributed by atoms with Crippen LogP contribution in [0.25, 0.3) is 0 Å². The van der Waals surface area contributed by atoms with Crippen molar-refractivity contribution in [2.75, 3.05) is 6.61 Å². The highest BCUT2D eigenvalue weighted by molar-refractivity contribution is 5.96. The van der Waals surface area contributed by atoms with Gasteiger partial charge in [0.1, 0.15) is 11.9 Å². The van der Waals surface area contributed by atoms with Crippen LogP contribution in [-0.2, 0) is 9.53 Å². The lowest BCUT2D eigenvalue weighted by molar-refractivity contribution is -0.145. The van der Waals surface area contributed by atoms with Crippen LogP contribution in [0.1, 0.15) is 43.5 Å². The van der Waals surface area contributed by atoms with Gasteiger partial charge in [0.05, 0.1) is 6.61 Å². The normalized spacial score (nSPS) is 11.8. The lowest BCUT2D eigenvalue weighted by Crippen LogP contribution is -2.39. The molecular weight excluding hydrogens is 261 g/mol. The molecule has 0 aliphatic rings. The third-order valence-corrected chi connectivity index (χ3v) is 2.78. The summed E-state index contributed by atoms with van der Waals surface area (Å²) in [7, 11) is 0. The average Bonchev–Trinajstić information content (AvgIpc) is 2.43. The van der Waals surface area contributed by atoms with Crippen LogP contribution < -0.4 is 5.32 Å². The minimum atomic E-state index is -0.757. The Hall–Kier alpha value is -1.91. The maximum absolute atomic E-state index is 13.0. The first-order valence-electron chi connectivity index (χ1n) is 6.77. The first-order valence-corrected chi connectivity index (χ1v) is 6.77. The summed E-state index contributed by atoms with van der Waals surface area (Å²) < 4.78 is 18.0. The van der Waals surface area contributed by atoms with Crippen LogP contribution in [0.15, 0.2) is 24.3 Å². The Kier molecular flexibility index (Phi) is 6.70. The molecule has 0 heterocycles. The molecule has 1 N–H and O–H groups in total. The molecule has 1 aromatic rings. The summed E-state index contributed by atoms with van der Waals surface area (Å²) in [6, 6.07) is 4.54. The second-order valence-electron chi connectivity index (χ2n) is 4.58. The third kappa shape index (κ3) is 5.38. The maximum Gasteiger partial charge on any atom is 0.328 e. The Balaban J connectivity index is 2.43. The minimum absolute atomic E-state index is 0.177. The zero-order valence-electron chi connectivity index (χ0n) is 11.8. The lowest BCUT2D eigenvalue weighted by Gasteiger charge is -2.13. The molecular formula is C15H20FNO3. The van der Waals surface area contributed by atoms with E-state index in [2.05, 4.69) is 12.2 Å². The van der Waals surface area contributed by atoms with Crippen molar-refractivity contribution in [1.29, 1.82) is 0 Å². The number of carbonyl (C=O) groups excluding carboxylic acids is 2. The Bertz CT molecular complexity index is 462. The number of esters is 1. The number of amides is 1. The monoisotopic (exact) mass is 281 g/mol. The highest BCUT2D eigenvalue weighted by Crippen LogP contribution is 2.04. The molecule has 4 nitrogen and oxygen atoms in total. The molecule has 0 saturated carbocycles. The van der Waals surface area contributed by atoms with Crippen LogP contribution in [0.4, 0.5) is 4.39 Å². The summed E-state index contributed by atoms with van der Waals surface area (Å²) in [6.07, 6.45) is 2.85. The van der Waals surface area contributed by atoms with Gasteiger partial charge < -0.3 is 10.1 Å². The molecule has 0 aliphatic heterocycles. The molecule has 1 atom stereocenters. The fourth-order valence-corrected chi connectivity index (χ4v) is 1.62. The number of benzene rings is 1. The predicted octanol–water partition coefficient (Wildman–Crippen LogP) is 2.68. The zero-order chi connectivity index (χ0) is 15.0. The van der Waals surface area contributed by atoms with E-state index in [0.717, 1.165) is 25.3 Å². The second-order valence-corrected chi connectivity index (χ2v) is 4.58. The number of unbranched alkanes of at least 4 members (excludes halogenated alkanes) is 2. The van der Waals surface area contributed by atoms with Crippen LogP contribution >= 0.6 is 0 Å². The van der Waals surface area contributed by atoms with Gasteiger partial charge in [0, 0.05) is 5.56 Å². The standard InChI is InChI=1S/C15H20FNO3/c1-3-4-5-9-20-15(19)11(2)17-14(18)12-7-6-8-13(16)10-12/h6-8,10-11H,3-5,9H2,1-2H3,(H,17,18)/t11-/m0/s1. The van der Waals surface area contributed by atoms with E-state index in [0.29, 0.717) is 6.61 Å². The van der Waals surface area contributed by atoms with Gasteiger partial charge in [-0.25, -0.2) is 9.18 Å². The molecule has 110 valence electrons. The summed E-state index contributed by atoms with van der Waals surface area (Å²) in [5, 5.41) is 2.48. The molecule has 0 radical (unpaired) electrons. The Morgan fingerprint density at radius 3 is 2.75 bits per heavy atom. The second kappa shape index (κ2) is 8.30. The number of hydrogen-bond donors (Lipinski definition) is 1. The van der Waals surface area contributed by atoms with Gasteiger partial charge >= 0.3 is 5.97 Å².